The summed E-state index contributed by atoms with van der Waals surface area (Å²) in [5.41, 5.74) is -0.144. The van der Waals surface area contributed by atoms with Gasteiger partial charge in [-0.3, -0.25) is 0 Å². The molecular formula is C14H13F3O2S. The molecule has 2 rings (SSSR count). The maximum atomic E-state index is 12.9. The SMILES string of the molecule is CCSc1oc(-c2ccc(OC)cc2)cc1C(F)(F)F. The van der Waals surface area contributed by atoms with Gasteiger partial charge in [-0.1, -0.05) is 18.7 Å². The molecule has 0 saturated heterocycles. The summed E-state index contributed by atoms with van der Waals surface area (Å²) in [6.45, 7) is 1.78. The highest BCUT2D eigenvalue weighted by Gasteiger charge is 2.36. The lowest BCUT2D eigenvalue weighted by Gasteiger charge is -2.04. The zero-order valence-corrected chi connectivity index (χ0v) is 11.8. The van der Waals surface area contributed by atoms with E-state index in [1.165, 1.54) is 7.11 Å². The van der Waals surface area contributed by atoms with Crippen LogP contribution in [0.25, 0.3) is 11.3 Å². The van der Waals surface area contributed by atoms with Crippen molar-refractivity contribution in [2.24, 2.45) is 0 Å². The summed E-state index contributed by atoms with van der Waals surface area (Å²) in [7, 11) is 1.53. The van der Waals surface area contributed by atoms with E-state index in [2.05, 4.69) is 0 Å². The number of furan rings is 1. The van der Waals surface area contributed by atoms with Crippen LogP contribution in [0.15, 0.2) is 39.8 Å². The van der Waals surface area contributed by atoms with Crippen molar-refractivity contribution in [3.63, 3.8) is 0 Å². The second-order valence-corrected chi connectivity index (χ2v) is 5.21. The van der Waals surface area contributed by atoms with Crippen LogP contribution in [0.2, 0.25) is 0 Å². The van der Waals surface area contributed by atoms with Crippen molar-refractivity contribution in [3.05, 3.63) is 35.9 Å². The lowest BCUT2D eigenvalue weighted by atomic mass is 10.1. The van der Waals surface area contributed by atoms with Gasteiger partial charge in [0, 0.05) is 5.56 Å². The Kier molecular flexibility index (Phi) is 4.32. The topological polar surface area (TPSA) is 22.4 Å². The first-order valence-corrected chi connectivity index (χ1v) is 6.92. The number of alkyl halides is 3. The Morgan fingerprint density at radius 1 is 1.20 bits per heavy atom. The summed E-state index contributed by atoms with van der Waals surface area (Å²) < 4.78 is 49.1. The molecule has 0 N–H and O–H groups in total. The number of ether oxygens (including phenoxy) is 1. The first kappa shape index (κ1) is 14.8. The zero-order chi connectivity index (χ0) is 14.8. The van der Waals surface area contributed by atoms with E-state index < -0.39 is 11.7 Å². The van der Waals surface area contributed by atoms with E-state index in [9.17, 15) is 13.2 Å². The first-order valence-electron chi connectivity index (χ1n) is 5.94. The van der Waals surface area contributed by atoms with Crippen molar-refractivity contribution in [2.45, 2.75) is 18.2 Å². The van der Waals surface area contributed by atoms with Crippen LogP contribution in [0, 0.1) is 0 Å². The van der Waals surface area contributed by atoms with Crippen molar-refractivity contribution < 1.29 is 22.3 Å². The summed E-state index contributed by atoms with van der Waals surface area (Å²) in [4.78, 5) is 0. The molecule has 0 fully saturated rings. The van der Waals surface area contributed by atoms with Crippen LogP contribution in [0.4, 0.5) is 13.2 Å². The van der Waals surface area contributed by atoms with Gasteiger partial charge < -0.3 is 9.15 Å². The van der Waals surface area contributed by atoms with Crippen LogP contribution < -0.4 is 4.74 Å². The van der Waals surface area contributed by atoms with E-state index in [0.29, 0.717) is 17.1 Å². The van der Waals surface area contributed by atoms with Gasteiger partial charge in [0.15, 0.2) is 5.09 Å². The quantitative estimate of drug-likeness (QED) is 0.735. The van der Waals surface area contributed by atoms with Crippen molar-refractivity contribution >= 4 is 11.8 Å². The maximum Gasteiger partial charge on any atom is 0.420 e. The van der Waals surface area contributed by atoms with E-state index in [1.807, 2.05) is 0 Å². The van der Waals surface area contributed by atoms with Gasteiger partial charge >= 0.3 is 6.18 Å². The Morgan fingerprint density at radius 3 is 2.35 bits per heavy atom. The van der Waals surface area contributed by atoms with Crippen LogP contribution >= 0.6 is 11.8 Å². The fraction of sp³-hybridized carbons (Fsp3) is 0.286. The van der Waals surface area contributed by atoms with E-state index >= 15 is 0 Å². The Balaban J connectivity index is 2.41. The molecule has 0 bridgehead atoms. The molecular weight excluding hydrogens is 289 g/mol. The van der Waals surface area contributed by atoms with Gasteiger partial charge in [-0.05, 0) is 36.1 Å². The average molecular weight is 302 g/mol. The third kappa shape index (κ3) is 3.12. The molecule has 0 aliphatic carbocycles. The van der Waals surface area contributed by atoms with Crippen molar-refractivity contribution in [2.75, 3.05) is 12.9 Å². The maximum absolute atomic E-state index is 12.9. The number of benzene rings is 1. The van der Waals surface area contributed by atoms with E-state index in [0.717, 1.165) is 17.8 Å². The first-order chi connectivity index (χ1) is 9.45. The summed E-state index contributed by atoms with van der Waals surface area (Å²) in [5, 5.41) is -0.0918. The highest BCUT2D eigenvalue weighted by molar-refractivity contribution is 7.99. The van der Waals surface area contributed by atoms with Crippen LogP contribution in [0.1, 0.15) is 12.5 Å². The van der Waals surface area contributed by atoms with Crippen LogP contribution in [-0.4, -0.2) is 12.9 Å². The van der Waals surface area contributed by atoms with Crippen molar-refractivity contribution in [3.8, 4) is 17.1 Å². The molecule has 1 heterocycles. The summed E-state index contributed by atoms with van der Waals surface area (Å²) in [5.74, 6) is 1.36. The number of thioether (sulfide) groups is 1. The fourth-order valence-corrected chi connectivity index (χ4v) is 2.45. The Bertz CT molecular complexity index is 573. The Labute approximate surface area is 118 Å². The Morgan fingerprint density at radius 2 is 1.85 bits per heavy atom. The third-order valence-corrected chi connectivity index (χ3v) is 3.51. The Hall–Kier alpha value is -1.56. The molecule has 0 atom stereocenters. The van der Waals surface area contributed by atoms with Crippen LogP contribution in [-0.2, 0) is 6.18 Å². The molecule has 2 nitrogen and oxygen atoms in total. The number of rotatable bonds is 4. The lowest BCUT2D eigenvalue weighted by Crippen LogP contribution is -2.04. The molecule has 0 saturated carbocycles. The monoisotopic (exact) mass is 302 g/mol. The normalized spacial score (nSPS) is 11.7. The smallest absolute Gasteiger partial charge is 0.420 e. The van der Waals surface area contributed by atoms with Gasteiger partial charge in [0.05, 0.1) is 7.11 Å². The standard InChI is InChI=1S/C14H13F3O2S/c1-3-20-13-11(14(15,16)17)8-12(19-13)9-4-6-10(18-2)7-5-9/h4-8H,3H2,1-2H3. The number of hydrogen-bond acceptors (Lipinski definition) is 3. The molecule has 0 radical (unpaired) electrons. The van der Waals surface area contributed by atoms with Gasteiger partial charge in [-0.25, -0.2) is 0 Å². The van der Waals surface area contributed by atoms with Gasteiger partial charge in [0.25, 0.3) is 0 Å². The minimum Gasteiger partial charge on any atom is -0.497 e. The third-order valence-electron chi connectivity index (χ3n) is 2.65. The molecule has 108 valence electrons. The second-order valence-electron chi connectivity index (χ2n) is 3.97. The van der Waals surface area contributed by atoms with E-state index in [-0.39, 0.29) is 10.9 Å². The summed E-state index contributed by atoms with van der Waals surface area (Å²) in [6.07, 6.45) is -4.41. The van der Waals surface area contributed by atoms with Gasteiger partial charge in [-0.15, -0.1) is 0 Å². The molecule has 0 unspecified atom stereocenters. The highest BCUT2D eigenvalue weighted by Crippen LogP contribution is 2.41. The van der Waals surface area contributed by atoms with E-state index in [1.54, 1.807) is 31.2 Å². The number of methoxy groups -OCH3 is 1. The molecule has 0 spiro atoms. The number of hydrogen-bond donors (Lipinski definition) is 0. The molecule has 0 amide bonds. The summed E-state index contributed by atoms with van der Waals surface area (Å²) >= 11 is 1.04. The largest absolute Gasteiger partial charge is 0.497 e. The van der Waals surface area contributed by atoms with E-state index in [4.69, 9.17) is 9.15 Å². The lowest BCUT2D eigenvalue weighted by molar-refractivity contribution is -0.140. The fourth-order valence-electron chi connectivity index (χ4n) is 1.71. The molecule has 20 heavy (non-hydrogen) atoms. The molecule has 2 aromatic rings. The predicted octanol–water partition coefficient (Wildman–Crippen LogP) is 5.09. The van der Waals surface area contributed by atoms with Gasteiger partial charge in [-0.2, -0.15) is 13.2 Å². The minimum atomic E-state index is -4.41. The average Bonchev–Trinajstić information content (AvgIpc) is 2.83. The zero-order valence-electron chi connectivity index (χ0n) is 11.0. The second kappa shape index (κ2) is 5.83. The van der Waals surface area contributed by atoms with Crippen molar-refractivity contribution in [1.29, 1.82) is 0 Å². The molecule has 1 aromatic carbocycles. The van der Waals surface area contributed by atoms with Crippen LogP contribution in [0.3, 0.4) is 0 Å². The van der Waals surface area contributed by atoms with Gasteiger partial charge in [0.2, 0.25) is 0 Å². The van der Waals surface area contributed by atoms with Crippen LogP contribution in [0.5, 0.6) is 5.75 Å². The van der Waals surface area contributed by atoms with Crippen molar-refractivity contribution in [1.82, 2.24) is 0 Å². The molecule has 6 heteroatoms. The molecule has 0 aliphatic heterocycles. The van der Waals surface area contributed by atoms with Gasteiger partial charge in [0.1, 0.15) is 17.1 Å². The highest BCUT2D eigenvalue weighted by atomic mass is 32.2. The molecule has 0 aliphatic rings. The number of halogens is 3. The predicted molar refractivity (Wildman–Crippen MR) is 72.1 cm³/mol. The summed E-state index contributed by atoms with van der Waals surface area (Å²) in [6, 6.07) is 7.73. The minimum absolute atomic E-state index is 0.0918. The molecule has 1 aromatic heterocycles.